The fraction of sp³-hybridized carbons (Fsp3) is 0. The van der Waals surface area contributed by atoms with Crippen LogP contribution in [0.4, 0.5) is 0 Å². The van der Waals surface area contributed by atoms with E-state index in [0.717, 1.165) is 27.6 Å². The van der Waals surface area contributed by atoms with Crippen LogP contribution in [0.3, 0.4) is 0 Å². The van der Waals surface area contributed by atoms with Crippen LogP contribution >= 0.6 is 0 Å². The largest absolute Gasteiger partial charge is 0.455 e. The van der Waals surface area contributed by atoms with Gasteiger partial charge < -0.3 is 9.40 Å². The number of fused-ring (bicyclic) bond motifs is 12. The van der Waals surface area contributed by atoms with Crippen LogP contribution < -0.4 is 0 Å². The van der Waals surface area contributed by atoms with Crippen molar-refractivity contribution in [3.8, 4) is 0 Å². The number of nitrogens with one attached hydrogen (secondary N) is 1. The van der Waals surface area contributed by atoms with Crippen molar-refractivity contribution in [3.05, 3.63) is 84.9 Å². The molecule has 0 saturated carbocycles. The van der Waals surface area contributed by atoms with E-state index in [-0.39, 0.29) is 0 Å². The van der Waals surface area contributed by atoms with Crippen molar-refractivity contribution in [2.75, 3.05) is 0 Å². The van der Waals surface area contributed by atoms with Crippen LogP contribution in [-0.2, 0) is 0 Å². The lowest BCUT2D eigenvalue weighted by atomic mass is 9.96. The van der Waals surface area contributed by atoms with E-state index >= 15 is 0 Å². The summed E-state index contributed by atoms with van der Waals surface area (Å²) in [7, 11) is 0. The second kappa shape index (κ2) is 4.93. The van der Waals surface area contributed by atoms with Crippen molar-refractivity contribution in [2.24, 2.45) is 0 Å². The van der Waals surface area contributed by atoms with E-state index in [4.69, 9.17) is 4.42 Å². The number of furan rings is 1. The third-order valence-corrected chi connectivity index (χ3v) is 5.98. The van der Waals surface area contributed by atoms with Crippen molar-refractivity contribution in [1.29, 1.82) is 0 Å². The van der Waals surface area contributed by atoms with E-state index in [2.05, 4.69) is 89.9 Å². The molecule has 7 aromatic rings. The number of rotatable bonds is 0. The summed E-state index contributed by atoms with van der Waals surface area (Å²) in [5.41, 5.74) is 4.19. The molecule has 0 fully saturated rings. The van der Waals surface area contributed by atoms with Crippen LogP contribution in [0.2, 0.25) is 0 Å². The molecule has 0 unspecified atom stereocenters. The predicted octanol–water partition coefficient (Wildman–Crippen LogP) is 7.53. The zero-order valence-electron chi connectivity index (χ0n) is 15.0. The molecule has 1 N–H and O–H groups in total. The van der Waals surface area contributed by atoms with Gasteiger partial charge in [0.25, 0.3) is 0 Å². The highest BCUT2D eigenvalue weighted by molar-refractivity contribution is 6.33. The molecule has 0 amide bonds. The maximum atomic E-state index is 6.63. The number of benzene rings is 5. The van der Waals surface area contributed by atoms with Gasteiger partial charge in [0.05, 0.1) is 10.9 Å². The molecule has 130 valence electrons. The molecule has 0 aliphatic carbocycles. The van der Waals surface area contributed by atoms with Gasteiger partial charge in [0.2, 0.25) is 0 Å². The molecular formula is C26H15NO. The molecule has 0 bridgehead atoms. The van der Waals surface area contributed by atoms with Crippen molar-refractivity contribution in [1.82, 2.24) is 4.98 Å². The van der Waals surface area contributed by atoms with E-state index < -0.39 is 0 Å². The van der Waals surface area contributed by atoms with Gasteiger partial charge in [0.15, 0.2) is 0 Å². The van der Waals surface area contributed by atoms with E-state index in [1.165, 1.54) is 37.7 Å². The average molecular weight is 357 g/mol. The van der Waals surface area contributed by atoms with Gasteiger partial charge in [-0.1, -0.05) is 66.7 Å². The summed E-state index contributed by atoms with van der Waals surface area (Å²) in [6.45, 7) is 0. The molecule has 0 spiro atoms. The summed E-state index contributed by atoms with van der Waals surface area (Å²) in [6.07, 6.45) is 0. The topological polar surface area (TPSA) is 28.9 Å². The molecule has 2 nitrogen and oxygen atoms in total. The number of H-pyrrole nitrogens is 1. The molecule has 5 aromatic carbocycles. The minimum atomic E-state index is 0.964. The Kier molecular flexibility index (Phi) is 2.52. The normalized spacial score (nSPS) is 12.3. The van der Waals surface area contributed by atoms with Crippen molar-refractivity contribution in [3.63, 3.8) is 0 Å². The first kappa shape index (κ1) is 14.3. The fourth-order valence-corrected chi connectivity index (χ4v) is 4.80. The molecule has 0 aliphatic heterocycles. The Bertz CT molecular complexity index is 1720. The summed E-state index contributed by atoms with van der Waals surface area (Å²) in [6, 6.07) is 30.0. The Morgan fingerprint density at radius 3 is 1.86 bits per heavy atom. The summed E-state index contributed by atoms with van der Waals surface area (Å²) in [5.74, 6) is 0. The monoisotopic (exact) mass is 357 g/mol. The van der Waals surface area contributed by atoms with Gasteiger partial charge in [-0.05, 0) is 34.4 Å². The Hall–Kier alpha value is -3.78. The fourth-order valence-electron chi connectivity index (χ4n) is 4.80. The van der Waals surface area contributed by atoms with Gasteiger partial charge in [-0.2, -0.15) is 0 Å². The first-order chi connectivity index (χ1) is 13.9. The number of hydrogen-bond acceptors (Lipinski definition) is 1. The highest BCUT2D eigenvalue weighted by Crippen LogP contribution is 2.43. The van der Waals surface area contributed by atoms with Crippen LogP contribution in [-0.4, -0.2) is 4.98 Å². The average Bonchev–Trinajstić information content (AvgIpc) is 3.32. The summed E-state index contributed by atoms with van der Waals surface area (Å²) in [4.78, 5) is 3.53. The number of para-hydroxylation sites is 1. The Labute approximate surface area is 160 Å². The minimum Gasteiger partial charge on any atom is -0.455 e. The van der Waals surface area contributed by atoms with Crippen molar-refractivity contribution in [2.45, 2.75) is 0 Å². The molecule has 0 radical (unpaired) electrons. The highest BCUT2D eigenvalue weighted by atomic mass is 16.3. The van der Waals surface area contributed by atoms with E-state index in [0.29, 0.717) is 0 Å². The first-order valence-electron chi connectivity index (χ1n) is 9.55. The summed E-state index contributed by atoms with van der Waals surface area (Å²) >= 11 is 0. The number of aromatic amines is 1. The predicted molar refractivity (Wildman–Crippen MR) is 118 cm³/mol. The Balaban J connectivity index is 1.85. The van der Waals surface area contributed by atoms with Gasteiger partial charge >= 0.3 is 0 Å². The molecule has 0 aliphatic rings. The van der Waals surface area contributed by atoms with Crippen LogP contribution in [0.25, 0.3) is 65.3 Å². The highest BCUT2D eigenvalue weighted by Gasteiger charge is 2.18. The van der Waals surface area contributed by atoms with Crippen LogP contribution in [0.5, 0.6) is 0 Å². The number of hydrogen-bond donors (Lipinski definition) is 1. The standard InChI is InChI=1S/C26H15NO/c1-3-9-17-15(7-1)16-8-2-4-10-18(16)25-23(17)20-13-14-22-24(26(20)28-25)19-11-5-6-12-21(19)27-22/h1-14,27H. The van der Waals surface area contributed by atoms with E-state index in [1.54, 1.807) is 0 Å². The lowest BCUT2D eigenvalue weighted by molar-refractivity contribution is 0.677. The van der Waals surface area contributed by atoms with Gasteiger partial charge in [0, 0.05) is 27.1 Å². The van der Waals surface area contributed by atoms with E-state index in [9.17, 15) is 0 Å². The van der Waals surface area contributed by atoms with E-state index in [1.807, 2.05) is 0 Å². The van der Waals surface area contributed by atoms with Crippen LogP contribution in [0.15, 0.2) is 89.3 Å². The van der Waals surface area contributed by atoms with Crippen molar-refractivity contribution < 1.29 is 4.42 Å². The maximum absolute atomic E-state index is 6.63. The van der Waals surface area contributed by atoms with Gasteiger partial charge in [-0.15, -0.1) is 0 Å². The van der Waals surface area contributed by atoms with Crippen LogP contribution in [0.1, 0.15) is 0 Å². The van der Waals surface area contributed by atoms with Gasteiger partial charge in [-0.3, -0.25) is 0 Å². The summed E-state index contributed by atoms with van der Waals surface area (Å²) < 4.78 is 6.63. The molecule has 0 saturated heterocycles. The second-order valence-corrected chi connectivity index (χ2v) is 7.43. The molecule has 2 aromatic heterocycles. The molecular weight excluding hydrogens is 342 g/mol. The SMILES string of the molecule is c1ccc2c(c1)[nH]c1ccc3c(oc4c5ccccc5c5ccccc5c34)c12. The molecule has 7 rings (SSSR count). The van der Waals surface area contributed by atoms with Gasteiger partial charge in [-0.25, -0.2) is 0 Å². The third kappa shape index (κ3) is 1.64. The molecule has 28 heavy (non-hydrogen) atoms. The second-order valence-electron chi connectivity index (χ2n) is 7.43. The first-order valence-corrected chi connectivity index (χ1v) is 9.55. The Morgan fingerprint density at radius 2 is 1.04 bits per heavy atom. The van der Waals surface area contributed by atoms with Crippen LogP contribution in [0, 0.1) is 0 Å². The third-order valence-electron chi connectivity index (χ3n) is 5.98. The lowest BCUT2D eigenvalue weighted by Crippen LogP contribution is -1.79. The molecule has 2 heterocycles. The zero-order valence-corrected chi connectivity index (χ0v) is 15.0. The number of aromatic nitrogens is 1. The minimum absolute atomic E-state index is 0.964. The maximum Gasteiger partial charge on any atom is 0.145 e. The molecule has 2 heteroatoms. The van der Waals surface area contributed by atoms with Crippen molar-refractivity contribution >= 4 is 65.3 Å². The smallest absolute Gasteiger partial charge is 0.145 e. The molecule has 0 atom stereocenters. The zero-order chi connectivity index (χ0) is 18.2. The Morgan fingerprint density at radius 1 is 0.429 bits per heavy atom. The summed E-state index contributed by atoms with van der Waals surface area (Å²) in [5, 5.41) is 9.67. The quantitative estimate of drug-likeness (QED) is 0.279. The lowest BCUT2D eigenvalue weighted by Gasteiger charge is -2.05. The van der Waals surface area contributed by atoms with Gasteiger partial charge in [0.1, 0.15) is 11.2 Å².